The number of nitro groups is 1. The number of anilines is 1. The largest absolute Gasteiger partial charge is 0.449 e. The van der Waals surface area contributed by atoms with Gasteiger partial charge in [-0.15, -0.1) is 0 Å². The summed E-state index contributed by atoms with van der Waals surface area (Å²) in [5.41, 5.74) is 0.0970. The lowest BCUT2D eigenvalue weighted by molar-refractivity contribution is -0.384. The number of nitrogens with zero attached hydrogens (tertiary/aromatic N) is 2. The molecule has 3 saturated heterocycles. The van der Waals surface area contributed by atoms with Crippen molar-refractivity contribution in [3.63, 3.8) is 0 Å². The highest BCUT2D eigenvalue weighted by Gasteiger charge is 2.62. The number of benzene rings is 1. The number of ether oxygens (including phenoxy) is 2. The first-order valence-electron chi connectivity index (χ1n) is 9.14. The maximum atomic E-state index is 12.5. The number of rotatable bonds is 6. The van der Waals surface area contributed by atoms with Crippen LogP contribution < -0.4 is 5.32 Å². The number of likely N-dealkylation sites (tertiary alicyclic amines) is 1. The number of imide groups is 1. The molecule has 3 aliphatic heterocycles. The fraction of sp³-hybridized carbons (Fsp3) is 0.500. The summed E-state index contributed by atoms with van der Waals surface area (Å²) in [5.74, 6) is -1.10. The average Bonchev–Trinajstić information content (AvgIpc) is 3.34. The van der Waals surface area contributed by atoms with E-state index in [2.05, 4.69) is 5.32 Å². The van der Waals surface area contributed by atoms with Crippen LogP contribution in [-0.2, 0) is 19.1 Å². The number of amides is 3. The minimum atomic E-state index is -0.761. The number of nitrogens with one attached hydrogen (secondary N) is 1. The Morgan fingerprint density at radius 1 is 1.25 bits per heavy atom. The zero-order valence-corrected chi connectivity index (χ0v) is 14.9. The van der Waals surface area contributed by atoms with Crippen LogP contribution in [0.15, 0.2) is 24.3 Å². The highest BCUT2D eigenvalue weighted by molar-refractivity contribution is 6.06. The fourth-order valence-corrected chi connectivity index (χ4v) is 4.23. The predicted molar refractivity (Wildman–Crippen MR) is 94.3 cm³/mol. The van der Waals surface area contributed by atoms with Crippen LogP contribution in [0.4, 0.5) is 16.2 Å². The van der Waals surface area contributed by atoms with Crippen LogP contribution in [0, 0.1) is 22.0 Å². The summed E-state index contributed by atoms with van der Waals surface area (Å²) < 4.78 is 10.7. The number of non-ortho nitro benzene ring substituents is 1. The van der Waals surface area contributed by atoms with E-state index in [-0.39, 0.29) is 60.4 Å². The molecule has 4 rings (SSSR count). The standard InChI is InChI=1S/C18H19N3O7/c22-16-14-12-5-6-13(28-12)15(14)17(23)20(16)7-2-8-27-18(24)19-10-3-1-4-11(9-10)21(25)26/h1,3-4,9,12-15H,2,5-8H2,(H,19,24). The molecule has 3 amide bonds. The third-order valence-corrected chi connectivity index (χ3v) is 5.44. The van der Waals surface area contributed by atoms with Gasteiger partial charge in [0.2, 0.25) is 11.8 Å². The smallest absolute Gasteiger partial charge is 0.411 e. The summed E-state index contributed by atoms with van der Waals surface area (Å²) in [6.07, 6.45) is 0.902. The third kappa shape index (κ3) is 3.19. The molecule has 3 aliphatic rings. The first-order chi connectivity index (χ1) is 13.5. The first-order valence-corrected chi connectivity index (χ1v) is 9.14. The highest BCUT2D eigenvalue weighted by Crippen LogP contribution is 2.48. The molecule has 0 radical (unpaired) electrons. The molecule has 3 fully saturated rings. The van der Waals surface area contributed by atoms with Crippen molar-refractivity contribution in [2.24, 2.45) is 11.8 Å². The van der Waals surface area contributed by atoms with E-state index in [9.17, 15) is 24.5 Å². The van der Waals surface area contributed by atoms with Crippen LogP contribution in [0.5, 0.6) is 0 Å². The molecule has 1 N–H and O–H groups in total. The molecule has 10 nitrogen and oxygen atoms in total. The number of carbonyl (C=O) groups excluding carboxylic acids is 3. The summed E-state index contributed by atoms with van der Waals surface area (Å²) in [6, 6.07) is 5.49. The molecule has 4 unspecified atom stereocenters. The number of fused-ring (bicyclic) bond motifs is 5. The second-order valence-electron chi connectivity index (χ2n) is 7.09. The van der Waals surface area contributed by atoms with E-state index < -0.39 is 11.0 Å². The molecule has 0 saturated carbocycles. The van der Waals surface area contributed by atoms with Crippen molar-refractivity contribution in [1.82, 2.24) is 4.90 Å². The Morgan fingerprint density at radius 2 is 1.93 bits per heavy atom. The van der Waals surface area contributed by atoms with E-state index in [1.165, 1.54) is 29.2 Å². The van der Waals surface area contributed by atoms with Crippen LogP contribution in [-0.4, -0.2) is 53.1 Å². The Morgan fingerprint density at radius 3 is 2.57 bits per heavy atom. The Bertz CT molecular complexity index is 814. The maximum Gasteiger partial charge on any atom is 0.411 e. The van der Waals surface area contributed by atoms with Gasteiger partial charge in [-0.1, -0.05) is 6.07 Å². The van der Waals surface area contributed by atoms with Crippen molar-refractivity contribution < 1.29 is 28.8 Å². The second-order valence-corrected chi connectivity index (χ2v) is 7.09. The highest BCUT2D eigenvalue weighted by atomic mass is 16.6. The monoisotopic (exact) mass is 389 g/mol. The molecule has 1 aromatic rings. The van der Waals surface area contributed by atoms with E-state index >= 15 is 0 Å². The van der Waals surface area contributed by atoms with Gasteiger partial charge in [0, 0.05) is 18.7 Å². The molecule has 0 spiro atoms. The van der Waals surface area contributed by atoms with Crippen molar-refractivity contribution in [2.45, 2.75) is 31.5 Å². The summed E-state index contributed by atoms with van der Waals surface area (Å²) in [6.45, 7) is 0.199. The molecule has 2 bridgehead atoms. The fourth-order valence-electron chi connectivity index (χ4n) is 4.23. The third-order valence-electron chi connectivity index (χ3n) is 5.44. The molecule has 0 aromatic heterocycles. The summed E-state index contributed by atoms with van der Waals surface area (Å²) in [5, 5.41) is 13.1. The summed E-state index contributed by atoms with van der Waals surface area (Å²) >= 11 is 0. The van der Waals surface area contributed by atoms with Gasteiger partial charge in [0.1, 0.15) is 0 Å². The van der Waals surface area contributed by atoms with Crippen LogP contribution in [0.25, 0.3) is 0 Å². The van der Waals surface area contributed by atoms with E-state index in [4.69, 9.17) is 9.47 Å². The zero-order chi connectivity index (χ0) is 19.8. The molecule has 4 atom stereocenters. The molecular formula is C18H19N3O7. The Kier molecular flexibility index (Phi) is 4.71. The van der Waals surface area contributed by atoms with Crippen molar-refractivity contribution in [1.29, 1.82) is 0 Å². The summed E-state index contributed by atoms with van der Waals surface area (Å²) in [4.78, 5) is 48.2. The zero-order valence-electron chi connectivity index (χ0n) is 14.9. The van der Waals surface area contributed by atoms with Gasteiger partial charge in [-0.25, -0.2) is 4.79 Å². The number of nitro benzene ring substituents is 1. The number of carbonyl (C=O) groups is 3. The average molecular weight is 389 g/mol. The lowest BCUT2D eigenvalue weighted by Crippen LogP contribution is -2.35. The SMILES string of the molecule is O=C(Nc1cccc([N+](=O)[O-])c1)OCCCN1C(=O)C2C3CCC(O3)C2C1=O. The topological polar surface area (TPSA) is 128 Å². The molecule has 148 valence electrons. The van der Waals surface area contributed by atoms with Gasteiger partial charge in [0.25, 0.3) is 5.69 Å². The normalized spacial score (nSPS) is 27.8. The van der Waals surface area contributed by atoms with Gasteiger partial charge < -0.3 is 9.47 Å². The molecule has 3 heterocycles. The van der Waals surface area contributed by atoms with Gasteiger partial charge in [0.05, 0.1) is 41.3 Å². The van der Waals surface area contributed by atoms with E-state index in [0.717, 1.165) is 12.8 Å². The van der Waals surface area contributed by atoms with Gasteiger partial charge >= 0.3 is 6.09 Å². The Labute approximate surface area is 159 Å². The van der Waals surface area contributed by atoms with Crippen LogP contribution in [0.2, 0.25) is 0 Å². The number of hydrogen-bond acceptors (Lipinski definition) is 7. The van der Waals surface area contributed by atoms with Crippen LogP contribution in [0.3, 0.4) is 0 Å². The summed E-state index contributed by atoms with van der Waals surface area (Å²) in [7, 11) is 0. The Balaban J connectivity index is 1.23. The molecule has 28 heavy (non-hydrogen) atoms. The molecule has 0 aliphatic carbocycles. The minimum Gasteiger partial charge on any atom is -0.449 e. The quantitative estimate of drug-likeness (QED) is 0.339. The van der Waals surface area contributed by atoms with Crippen LogP contribution >= 0.6 is 0 Å². The number of hydrogen-bond donors (Lipinski definition) is 1. The van der Waals surface area contributed by atoms with Crippen molar-refractivity contribution >= 4 is 29.3 Å². The first kappa shape index (κ1) is 18.4. The lowest BCUT2D eigenvalue weighted by Gasteiger charge is -2.17. The lowest BCUT2D eigenvalue weighted by atomic mass is 9.81. The Hall–Kier alpha value is -3.01. The predicted octanol–water partition coefficient (Wildman–Crippen LogP) is 1.70. The molecular weight excluding hydrogens is 370 g/mol. The second kappa shape index (κ2) is 7.19. The van der Waals surface area contributed by atoms with E-state index in [1.54, 1.807) is 0 Å². The minimum absolute atomic E-state index is 0.0104. The van der Waals surface area contributed by atoms with Gasteiger partial charge in [0.15, 0.2) is 0 Å². The molecule has 10 heteroatoms. The van der Waals surface area contributed by atoms with Gasteiger partial charge in [-0.3, -0.25) is 29.9 Å². The van der Waals surface area contributed by atoms with E-state index in [1.807, 2.05) is 0 Å². The van der Waals surface area contributed by atoms with Crippen molar-refractivity contribution in [2.75, 3.05) is 18.5 Å². The van der Waals surface area contributed by atoms with Crippen LogP contribution in [0.1, 0.15) is 19.3 Å². The van der Waals surface area contributed by atoms with Crippen molar-refractivity contribution in [3.05, 3.63) is 34.4 Å². The van der Waals surface area contributed by atoms with Gasteiger partial charge in [-0.2, -0.15) is 0 Å². The van der Waals surface area contributed by atoms with Gasteiger partial charge in [-0.05, 0) is 25.3 Å². The van der Waals surface area contributed by atoms with E-state index in [0.29, 0.717) is 6.42 Å². The van der Waals surface area contributed by atoms with Crippen molar-refractivity contribution in [3.8, 4) is 0 Å². The maximum absolute atomic E-state index is 12.5. The molecule has 1 aromatic carbocycles.